The summed E-state index contributed by atoms with van der Waals surface area (Å²) in [4.78, 5) is 12.1. The number of hydrogen-bond acceptors (Lipinski definition) is 4. The van der Waals surface area contributed by atoms with Crippen molar-refractivity contribution in [3.05, 3.63) is 65.7 Å². The molecule has 0 aliphatic heterocycles. The third kappa shape index (κ3) is 4.69. The predicted octanol–water partition coefficient (Wildman–Crippen LogP) is 2.59. The summed E-state index contributed by atoms with van der Waals surface area (Å²) in [6.07, 6.45) is -0.178. The fourth-order valence-corrected chi connectivity index (χ4v) is 2.17. The van der Waals surface area contributed by atoms with E-state index < -0.39 is 6.10 Å². The molecule has 2 N–H and O–H groups in total. The lowest BCUT2D eigenvalue weighted by atomic mass is 10.1. The van der Waals surface area contributed by atoms with Crippen LogP contribution in [0.15, 0.2) is 54.6 Å². The lowest BCUT2D eigenvalue weighted by molar-refractivity contribution is 0.0979. The van der Waals surface area contributed by atoms with Gasteiger partial charge in [0.2, 0.25) is 0 Å². The first-order valence-electron chi connectivity index (χ1n) is 7.31. The zero-order valence-corrected chi connectivity index (χ0v) is 12.7. The van der Waals surface area contributed by atoms with E-state index in [2.05, 4.69) is 5.32 Å². The van der Waals surface area contributed by atoms with Gasteiger partial charge in [0.25, 0.3) is 0 Å². The normalized spacial score (nSPS) is 11.9. The van der Waals surface area contributed by atoms with E-state index in [4.69, 9.17) is 4.74 Å². The highest BCUT2D eigenvalue weighted by Gasteiger charge is 2.09. The van der Waals surface area contributed by atoms with E-state index in [9.17, 15) is 9.90 Å². The molecule has 2 aromatic rings. The highest BCUT2D eigenvalue weighted by atomic mass is 16.5. The van der Waals surface area contributed by atoms with Gasteiger partial charge in [-0.15, -0.1) is 0 Å². The summed E-state index contributed by atoms with van der Waals surface area (Å²) < 4.78 is 5.11. The zero-order chi connectivity index (χ0) is 15.8. The van der Waals surface area contributed by atoms with Crippen LogP contribution in [-0.4, -0.2) is 31.1 Å². The van der Waals surface area contributed by atoms with Crippen molar-refractivity contribution in [1.29, 1.82) is 0 Å². The second kappa shape index (κ2) is 8.32. The molecule has 0 amide bonds. The molecule has 0 fully saturated rings. The summed E-state index contributed by atoms with van der Waals surface area (Å²) in [6.45, 7) is 0.954. The van der Waals surface area contributed by atoms with Crippen LogP contribution in [0.5, 0.6) is 5.75 Å². The Labute approximate surface area is 130 Å². The lowest BCUT2D eigenvalue weighted by Crippen LogP contribution is -2.24. The molecule has 1 atom stereocenters. The van der Waals surface area contributed by atoms with Gasteiger partial charge in [-0.25, -0.2) is 0 Å². The number of methoxy groups -OCH3 is 1. The maximum Gasteiger partial charge on any atom is 0.164 e. The average Bonchev–Trinajstić information content (AvgIpc) is 2.59. The molecule has 0 aliphatic carbocycles. The van der Waals surface area contributed by atoms with E-state index in [1.165, 1.54) is 0 Å². The van der Waals surface area contributed by atoms with Crippen molar-refractivity contribution >= 4 is 5.78 Å². The Hall–Kier alpha value is -2.17. The molecule has 0 saturated carbocycles. The molecule has 22 heavy (non-hydrogen) atoms. The van der Waals surface area contributed by atoms with Crippen LogP contribution in [0.25, 0.3) is 0 Å². The molecule has 4 heteroatoms. The molecular formula is C18H21NO3. The van der Waals surface area contributed by atoms with Gasteiger partial charge in [-0.05, 0) is 17.7 Å². The Bertz CT molecular complexity index is 598. The van der Waals surface area contributed by atoms with E-state index in [0.717, 1.165) is 5.56 Å². The number of ketones is 1. The number of rotatable bonds is 8. The molecule has 2 rings (SSSR count). The van der Waals surface area contributed by atoms with Gasteiger partial charge in [0.05, 0.1) is 13.2 Å². The fraction of sp³-hybridized carbons (Fsp3) is 0.278. The largest absolute Gasteiger partial charge is 0.497 e. The molecule has 0 aliphatic rings. The number of hydrogen-bond donors (Lipinski definition) is 2. The Morgan fingerprint density at radius 2 is 1.95 bits per heavy atom. The van der Waals surface area contributed by atoms with Gasteiger partial charge >= 0.3 is 0 Å². The molecule has 0 heterocycles. The third-order valence-corrected chi connectivity index (χ3v) is 3.44. The number of benzene rings is 2. The van der Waals surface area contributed by atoms with Crippen molar-refractivity contribution < 1.29 is 14.6 Å². The molecule has 0 spiro atoms. The summed E-state index contributed by atoms with van der Waals surface area (Å²) in [6, 6.07) is 16.6. The van der Waals surface area contributed by atoms with E-state index in [-0.39, 0.29) is 5.78 Å². The average molecular weight is 299 g/mol. The topological polar surface area (TPSA) is 58.6 Å². The number of carbonyl (C=O) groups is 1. The third-order valence-electron chi connectivity index (χ3n) is 3.44. The van der Waals surface area contributed by atoms with Gasteiger partial charge in [-0.1, -0.05) is 42.5 Å². The van der Waals surface area contributed by atoms with Crippen molar-refractivity contribution in [2.45, 2.75) is 12.5 Å². The highest BCUT2D eigenvalue weighted by molar-refractivity contribution is 5.96. The monoisotopic (exact) mass is 299 g/mol. The van der Waals surface area contributed by atoms with Gasteiger partial charge < -0.3 is 15.2 Å². The van der Waals surface area contributed by atoms with Gasteiger partial charge in [0.1, 0.15) is 5.75 Å². The standard InChI is InChI=1S/C18H21NO3/c1-22-16-9-5-8-15(12-16)17(20)10-11-19-13-18(21)14-6-3-2-4-7-14/h2-9,12,18-19,21H,10-11,13H2,1H3. The van der Waals surface area contributed by atoms with Crippen molar-refractivity contribution in [3.8, 4) is 5.75 Å². The Balaban J connectivity index is 1.75. The van der Waals surface area contributed by atoms with Gasteiger partial charge in [0, 0.05) is 25.1 Å². The molecule has 0 saturated heterocycles. The molecule has 0 radical (unpaired) electrons. The smallest absolute Gasteiger partial charge is 0.164 e. The molecule has 4 nitrogen and oxygen atoms in total. The summed E-state index contributed by atoms with van der Waals surface area (Å²) in [5.41, 5.74) is 1.51. The first kappa shape index (κ1) is 16.2. The van der Waals surface area contributed by atoms with Crippen molar-refractivity contribution in [3.63, 3.8) is 0 Å². The molecule has 1 unspecified atom stereocenters. The van der Waals surface area contributed by atoms with Gasteiger partial charge in [0.15, 0.2) is 5.78 Å². The first-order chi connectivity index (χ1) is 10.7. The van der Waals surface area contributed by atoms with Crippen molar-refractivity contribution in [1.82, 2.24) is 5.32 Å². The molecule has 2 aromatic carbocycles. The van der Waals surface area contributed by atoms with Crippen LogP contribution < -0.4 is 10.1 Å². The number of aliphatic hydroxyl groups excluding tert-OH is 1. The molecular weight excluding hydrogens is 278 g/mol. The summed E-state index contributed by atoms with van der Waals surface area (Å²) in [7, 11) is 1.58. The zero-order valence-electron chi connectivity index (χ0n) is 12.7. The number of nitrogens with one attached hydrogen (secondary N) is 1. The fourth-order valence-electron chi connectivity index (χ4n) is 2.17. The Morgan fingerprint density at radius 3 is 2.68 bits per heavy atom. The van der Waals surface area contributed by atoms with E-state index in [1.807, 2.05) is 36.4 Å². The lowest BCUT2D eigenvalue weighted by Gasteiger charge is -2.12. The minimum Gasteiger partial charge on any atom is -0.497 e. The summed E-state index contributed by atoms with van der Waals surface area (Å²) >= 11 is 0. The second-order valence-electron chi connectivity index (χ2n) is 5.04. The van der Waals surface area contributed by atoms with Gasteiger partial charge in [-0.3, -0.25) is 4.79 Å². The van der Waals surface area contributed by atoms with E-state index in [0.29, 0.717) is 30.8 Å². The maximum atomic E-state index is 12.1. The van der Waals surface area contributed by atoms with E-state index in [1.54, 1.807) is 25.3 Å². The van der Waals surface area contributed by atoms with Crippen LogP contribution in [0.1, 0.15) is 28.4 Å². The van der Waals surface area contributed by atoms with Crippen LogP contribution >= 0.6 is 0 Å². The summed E-state index contributed by atoms with van der Waals surface area (Å²) in [5, 5.41) is 13.1. The minimum atomic E-state index is -0.562. The molecule has 0 aromatic heterocycles. The van der Waals surface area contributed by atoms with Crippen molar-refractivity contribution in [2.24, 2.45) is 0 Å². The molecule has 0 bridgehead atoms. The number of carbonyl (C=O) groups excluding carboxylic acids is 1. The second-order valence-corrected chi connectivity index (χ2v) is 5.04. The number of aliphatic hydroxyl groups is 1. The Kier molecular flexibility index (Phi) is 6.13. The van der Waals surface area contributed by atoms with Crippen LogP contribution in [0.3, 0.4) is 0 Å². The van der Waals surface area contributed by atoms with Crippen LogP contribution in [0.4, 0.5) is 0 Å². The highest BCUT2D eigenvalue weighted by Crippen LogP contribution is 2.14. The number of ether oxygens (including phenoxy) is 1. The van der Waals surface area contributed by atoms with Crippen LogP contribution in [0, 0.1) is 0 Å². The first-order valence-corrected chi connectivity index (χ1v) is 7.31. The molecule has 116 valence electrons. The quantitative estimate of drug-likeness (QED) is 0.581. The van der Waals surface area contributed by atoms with Crippen LogP contribution in [-0.2, 0) is 0 Å². The number of Topliss-reactive ketones (excluding diaryl/α,β-unsaturated/α-hetero) is 1. The van der Waals surface area contributed by atoms with Crippen LogP contribution in [0.2, 0.25) is 0 Å². The predicted molar refractivity (Wildman–Crippen MR) is 86.2 cm³/mol. The van der Waals surface area contributed by atoms with Gasteiger partial charge in [-0.2, -0.15) is 0 Å². The van der Waals surface area contributed by atoms with Crippen molar-refractivity contribution in [2.75, 3.05) is 20.2 Å². The Morgan fingerprint density at radius 1 is 1.18 bits per heavy atom. The minimum absolute atomic E-state index is 0.0561. The summed E-state index contributed by atoms with van der Waals surface area (Å²) in [5.74, 6) is 0.735. The SMILES string of the molecule is COc1cccc(C(=O)CCNCC(O)c2ccccc2)c1. The maximum absolute atomic E-state index is 12.1. The van der Waals surface area contributed by atoms with E-state index >= 15 is 0 Å².